The predicted octanol–water partition coefficient (Wildman–Crippen LogP) is 11.2. The van der Waals surface area contributed by atoms with Crippen LogP contribution in [0, 0.1) is 6.92 Å². The van der Waals surface area contributed by atoms with Crippen LogP contribution < -0.4 is 4.90 Å². The summed E-state index contributed by atoms with van der Waals surface area (Å²) in [6.45, 7) is 10.9. The molecule has 0 spiro atoms. The van der Waals surface area contributed by atoms with E-state index in [1.165, 1.54) is 55.6 Å². The number of para-hydroxylation sites is 3. The lowest BCUT2D eigenvalue weighted by Crippen LogP contribution is -2.30. The highest BCUT2D eigenvalue weighted by Gasteiger charge is 2.36. The highest BCUT2D eigenvalue weighted by Crippen LogP contribution is 2.51. The zero-order valence-corrected chi connectivity index (χ0v) is 25.9. The summed E-state index contributed by atoms with van der Waals surface area (Å²) >= 11 is 0. The van der Waals surface area contributed by atoms with Gasteiger partial charge in [0.15, 0.2) is 0 Å². The van der Waals surface area contributed by atoms with Crippen molar-refractivity contribution in [3.8, 4) is 11.4 Å². The number of anilines is 3. The molecule has 7 aromatic rings. The van der Waals surface area contributed by atoms with E-state index in [9.17, 15) is 0 Å². The molecule has 2 aromatic heterocycles. The summed E-state index contributed by atoms with van der Waals surface area (Å²) in [5, 5.41) is 2.48. The lowest BCUT2D eigenvalue weighted by molar-refractivity contribution is 0.632. The lowest BCUT2D eigenvalue weighted by atomic mass is 9.73. The average molecular weight is 582 g/mol. The van der Waals surface area contributed by atoms with E-state index in [0.717, 1.165) is 17.1 Å². The fraction of sp³-hybridized carbons (Fsp3) is 0.0952. The molecule has 0 saturated heterocycles. The smallest absolute Gasteiger partial charge is 0.0545 e. The summed E-state index contributed by atoms with van der Waals surface area (Å²) in [5.74, 6) is 0. The van der Waals surface area contributed by atoms with Gasteiger partial charge in [-0.25, -0.2) is 0 Å². The van der Waals surface area contributed by atoms with Crippen molar-refractivity contribution in [1.29, 1.82) is 0 Å². The average Bonchev–Trinajstić information content (AvgIpc) is 3.63. The van der Waals surface area contributed by atoms with E-state index >= 15 is 0 Å². The molecule has 0 unspecified atom stereocenters. The molecular weight excluding hydrogens is 546 g/mol. The molecule has 45 heavy (non-hydrogen) atoms. The third kappa shape index (κ3) is 4.04. The van der Waals surface area contributed by atoms with Crippen molar-refractivity contribution in [2.45, 2.75) is 26.2 Å². The second-order valence-corrected chi connectivity index (χ2v) is 12.4. The van der Waals surface area contributed by atoms with Crippen LogP contribution in [-0.2, 0) is 5.41 Å². The fourth-order valence-electron chi connectivity index (χ4n) is 7.39. The molecule has 0 fully saturated rings. The molecule has 0 bridgehead atoms. The van der Waals surface area contributed by atoms with Gasteiger partial charge in [0.05, 0.1) is 22.4 Å². The maximum Gasteiger partial charge on any atom is 0.0545 e. The van der Waals surface area contributed by atoms with Crippen molar-refractivity contribution in [3.63, 3.8) is 0 Å². The molecule has 218 valence electrons. The maximum absolute atomic E-state index is 3.96. The molecule has 1 aliphatic heterocycles. The van der Waals surface area contributed by atoms with Crippen LogP contribution in [0.5, 0.6) is 0 Å². The van der Waals surface area contributed by atoms with E-state index < -0.39 is 0 Å². The fourth-order valence-corrected chi connectivity index (χ4v) is 7.39. The molecule has 3 heteroatoms. The van der Waals surface area contributed by atoms with E-state index in [2.05, 4.69) is 175 Å². The number of hydrogen-bond donors (Lipinski definition) is 0. The highest BCUT2D eigenvalue weighted by molar-refractivity contribution is 6.11. The van der Waals surface area contributed by atoms with Crippen LogP contribution in [0.4, 0.5) is 17.1 Å². The Morgan fingerprint density at radius 2 is 1.27 bits per heavy atom. The Labute approximate surface area is 264 Å². The number of benzene rings is 5. The van der Waals surface area contributed by atoms with Gasteiger partial charge in [0.2, 0.25) is 0 Å². The predicted molar refractivity (Wildman–Crippen MR) is 191 cm³/mol. The van der Waals surface area contributed by atoms with Crippen molar-refractivity contribution in [1.82, 2.24) is 9.13 Å². The number of allylic oxidation sites excluding steroid dienone is 2. The highest BCUT2D eigenvalue weighted by atomic mass is 15.2. The molecule has 0 atom stereocenters. The van der Waals surface area contributed by atoms with Crippen LogP contribution in [0.15, 0.2) is 146 Å². The van der Waals surface area contributed by atoms with E-state index in [0.29, 0.717) is 0 Å². The minimum atomic E-state index is -0.0948. The molecule has 1 aliphatic rings. The number of rotatable bonds is 5. The Bertz CT molecular complexity index is 2230. The normalized spacial score (nSPS) is 13.8. The van der Waals surface area contributed by atoms with Crippen molar-refractivity contribution in [2.75, 3.05) is 4.90 Å². The maximum atomic E-state index is 3.96. The van der Waals surface area contributed by atoms with Gasteiger partial charge in [-0.3, -0.25) is 0 Å². The lowest BCUT2D eigenvalue weighted by Gasteiger charge is -2.42. The summed E-state index contributed by atoms with van der Waals surface area (Å²) in [6, 6.07) is 44.0. The van der Waals surface area contributed by atoms with E-state index in [4.69, 9.17) is 0 Å². The zero-order chi connectivity index (χ0) is 30.7. The Hall–Kier alpha value is -5.54. The summed E-state index contributed by atoms with van der Waals surface area (Å²) in [7, 11) is 0. The number of aromatic nitrogens is 2. The van der Waals surface area contributed by atoms with Crippen LogP contribution in [0.3, 0.4) is 0 Å². The van der Waals surface area contributed by atoms with Gasteiger partial charge in [0.1, 0.15) is 0 Å². The number of hydrogen-bond acceptors (Lipinski definition) is 1. The van der Waals surface area contributed by atoms with Gasteiger partial charge in [-0.05, 0) is 78.7 Å². The van der Waals surface area contributed by atoms with Crippen LogP contribution >= 0.6 is 0 Å². The van der Waals surface area contributed by atoms with Gasteiger partial charge < -0.3 is 14.0 Å². The van der Waals surface area contributed by atoms with Gasteiger partial charge in [0.25, 0.3) is 0 Å². The van der Waals surface area contributed by atoms with Crippen molar-refractivity contribution >= 4 is 44.9 Å². The van der Waals surface area contributed by atoms with Crippen molar-refractivity contribution < 1.29 is 0 Å². The van der Waals surface area contributed by atoms with Crippen molar-refractivity contribution in [3.05, 3.63) is 169 Å². The molecule has 0 amide bonds. The van der Waals surface area contributed by atoms with Crippen LogP contribution in [0.25, 0.3) is 39.3 Å². The topological polar surface area (TPSA) is 13.1 Å². The first-order valence-electron chi connectivity index (χ1n) is 15.6. The standard InChI is InChI=1S/C42H35N3/c1-5-6-19-33-29(2)44(40-25-24-37-34(41(33)40)26-27-43(37)30-15-8-7-9-16-30)31-17-14-18-32(28-31)45-38-22-12-10-20-35(38)42(3,4)36-21-11-13-23-39(36)45/h5-28H,1H2,2-4H3/b19-6-. The van der Waals surface area contributed by atoms with Gasteiger partial charge >= 0.3 is 0 Å². The third-order valence-corrected chi connectivity index (χ3v) is 9.50. The van der Waals surface area contributed by atoms with E-state index in [1.54, 1.807) is 0 Å². The van der Waals surface area contributed by atoms with Crippen LogP contribution in [0.1, 0.15) is 36.2 Å². The quantitative estimate of drug-likeness (QED) is 0.184. The minimum absolute atomic E-state index is 0.0948. The summed E-state index contributed by atoms with van der Waals surface area (Å²) in [6.07, 6.45) is 8.27. The van der Waals surface area contributed by atoms with Gasteiger partial charge in [-0.2, -0.15) is 0 Å². The van der Waals surface area contributed by atoms with E-state index in [1.807, 2.05) is 12.2 Å². The number of fused-ring (bicyclic) bond motifs is 5. The second kappa shape index (κ2) is 10.3. The van der Waals surface area contributed by atoms with Crippen LogP contribution in [-0.4, -0.2) is 9.13 Å². The molecule has 3 nitrogen and oxygen atoms in total. The largest absolute Gasteiger partial charge is 0.317 e. The zero-order valence-electron chi connectivity index (χ0n) is 25.9. The Morgan fingerprint density at radius 3 is 1.98 bits per heavy atom. The van der Waals surface area contributed by atoms with Gasteiger partial charge in [-0.1, -0.05) is 99.3 Å². The molecular formula is C42H35N3. The number of nitrogens with zero attached hydrogens (tertiary/aromatic N) is 3. The van der Waals surface area contributed by atoms with Gasteiger partial charge in [0, 0.05) is 50.7 Å². The first-order chi connectivity index (χ1) is 22.0. The summed E-state index contributed by atoms with van der Waals surface area (Å²) in [5.41, 5.74) is 13.2. The molecule has 0 radical (unpaired) electrons. The molecule has 3 heterocycles. The SMILES string of the molecule is C=C/C=C\c1c(C)n(-c2cccc(N3c4ccccc4C(C)(C)c4ccccc43)c2)c2ccc3c(ccn3-c3ccccc3)c12. The monoisotopic (exact) mass is 581 g/mol. The summed E-state index contributed by atoms with van der Waals surface area (Å²) in [4.78, 5) is 2.43. The Morgan fingerprint density at radius 1 is 0.644 bits per heavy atom. The van der Waals surface area contributed by atoms with Crippen molar-refractivity contribution in [2.24, 2.45) is 0 Å². The Balaban J connectivity index is 1.35. The molecule has 0 aliphatic carbocycles. The third-order valence-electron chi connectivity index (χ3n) is 9.50. The molecule has 5 aromatic carbocycles. The first-order valence-corrected chi connectivity index (χ1v) is 15.6. The second-order valence-electron chi connectivity index (χ2n) is 12.4. The minimum Gasteiger partial charge on any atom is -0.317 e. The molecule has 0 N–H and O–H groups in total. The molecule has 0 saturated carbocycles. The van der Waals surface area contributed by atoms with Gasteiger partial charge in [-0.15, -0.1) is 0 Å². The Kier molecular flexibility index (Phi) is 6.18. The molecule has 8 rings (SSSR count). The van der Waals surface area contributed by atoms with Crippen LogP contribution in [0.2, 0.25) is 0 Å². The summed E-state index contributed by atoms with van der Waals surface area (Å²) < 4.78 is 4.68. The first kappa shape index (κ1) is 27.0. The van der Waals surface area contributed by atoms with E-state index in [-0.39, 0.29) is 5.41 Å².